The van der Waals surface area contributed by atoms with Gasteiger partial charge in [-0.25, -0.2) is 0 Å². The standard InChI is InChI=1S/C16H29BN2O2/c1-6-14(9-12-7-8-12)19-11-13(10-18)17-20-15(2,3)16(4,5)21-17/h10-12,14,18-19H,6-9H2,1-5H3/b13-11+,18-10?. The highest BCUT2D eigenvalue weighted by molar-refractivity contribution is 6.60. The molecule has 1 atom stereocenters. The summed E-state index contributed by atoms with van der Waals surface area (Å²) in [5.41, 5.74) is 0.0264. The molecule has 1 heterocycles. The summed E-state index contributed by atoms with van der Waals surface area (Å²) in [6, 6.07) is 0.481. The number of rotatable bonds is 7. The number of allylic oxidation sites excluding steroid dienone is 1. The highest BCUT2D eigenvalue weighted by Crippen LogP contribution is 2.38. The minimum atomic E-state index is -0.460. The van der Waals surface area contributed by atoms with Crippen molar-refractivity contribution in [2.75, 3.05) is 0 Å². The fourth-order valence-electron chi connectivity index (χ4n) is 2.48. The van der Waals surface area contributed by atoms with E-state index in [1.54, 1.807) is 0 Å². The molecule has 2 aliphatic rings. The first-order valence-electron chi connectivity index (χ1n) is 8.11. The lowest BCUT2D eigenvalue weighted by Gasteiger charge is -2.32. The van der Waals surface area contributed by atoms with Crippen molar-refractivity contribution in [1.29, 1.82) is 5.41 Å². The van der Waals surface area contributed by atoms with E-state index in [0.717, 1.165) is 17.8 Å². The van der Waals surface area contributed by atoms with Crippen LogP contribution in [0.5, 0.6) is 0 Å². The third-order valence-corrected chi connectivity index (χ3v) is 4.99. The van der Waals surface area contributed by atoms with E-state index in [1.165, 1.54) is 25.5 Å². The van der Waals surface area contributed by atoms with Crippen molar-refractivity contribution in [1.82, 2.24) is 5.32 Å². The Kier molecular flexibility index (Phi) is 4.84. The number of nitrogens with one attached hydrogen (secondary N) is 2. The Hall–Kier alpha value is -0.805. The number of hydrogen-bond acceptors (Lipinski definition) is 4. The summed E-state index contributed by atoms with van der Waals surface area (Å²) in [7, 11) is -0.460. The van der Waals surface area contributed by atoms with Gasteiger partial charge in [0.2, 0.25) is 0 Å². The first-order valence-corrected chi connectivity index (χ1v) is 8.11. The highest BCUT2D eigenvalue weighted by atomic mass is 16.7. The Morgan fingerprint density at radius 3 is 2.29 bits per heavy atom. The summed E-state index contributed by atoms with van der Waals surface area (Å²) < 4.78 is 12.0. The van der Waals surface area contributed by atoms with Crippen molar-refractivity contribution in [3.8, 4) is 0 Å². The molecule has 0 aromatic rings. The van der Waals surface area contributed by atoms with Crippen LogP contribution in [0, 0.1) is 11.3 Å². The molecule has 4 nitrogen and oxygen atoms in total. The molecular formula is C16H29BN2O2. The van der Waals surface area contributed by atoms with Gasteiger partial charge in [0.05, 0.1) is 11.2 Å². The van der Waals surface area contributed by atoms with Gasteiger partial charge in [-0.15, -0.1) is 0 Å². The molecule has 0 bridgehead atoms. The van der Waals surface area contributed by atoms with E-state index in [0.29, 0.717) is 6.04 Å². The Morgan fingerprint density at radius 2 is 1.86 bits per heavy atom. The Balaban J connectivity index is 1.98. The highest BCUT2D eigenvalue weighted by Gasteiger charge is 2.52. The van der Waals surface area contributed by atoms with Gasteiger partial charge in [0.25, 0.3) is 0 Å². The van der Waals surface area contributed by atoms with Crippen molar-refractivity contribution in [2.45, 2.75) is 77.5 Å². The molecule has 1 unspecified atom stereocenters. The number of hydrogen-bond donors (Lipinski definition) is 2. The molecule has 0 aromatic carbocycles. The lowest BCUT2D eigenvalue weighted by atomic mass is 9.79. The second kappa shape index (κ2) is 6.13. The predicted molar refractivity (Wildman–Crippen MR) is 87.5 cm³/mol. The van der Waals surface area contributed by atoms with Gasteiger partial charge in [-0.2, -0.15) is 0 Å². The fraction of sp³-hybridized carbons (Fsp3) is 0.812. The molecule has 5 heteroatoms. The molecule has 1 aliphatic carbocycles. The topological polar surface area (TPSA) is 54.3 Å². The van der Waals surface area contributed by atoms with Crippen molar-refractivity contribution in [2.24, 2.45) is 5.92 Å². The normalized spacial score (nSPS) is 25.8. The Morgan fingerprint density at radius 1 is 1.29 bits per heavy atom. The second-order valence-electron chi connectivity index (χ2n) is 7.33. The maximum atomic E-state index is 7.65. The molecule has 1 saturated carbocycles. The van der Waals surface area contributed by atoms with Gasteiger partial charge < -0.3 is 20.0 Å². The lowest BCUT2D eigenvalue weighted by Crippen LogP contribution is -2.41. The minimum absolute atomic E-state index is 0.363. The van der Waals surface area contributed by atoms with Crippen LogP contribution in [0.1, 0.15) is 60.3 Å². The molecule has 0 amide bonds. The first kappa shape index (κ1) is 16.6. The summed E-state index contributed by atoms with van der Waals surface area (Å²) in [4.78, 5) is 0. The van der Waals surface area contributed by atoms with E-state index in [4.69, 9.17) is 14.7 Å². The fourth-order valence-corrected chi connectivity index (χ4v) is 2.48. The van der Waals surface area contributed by atoms with E-state index < -0.39 is 7.12 Å². The van der Waals surface area contributed by atoms with Gasteiger partial charge in [-0.05, 0) is 52.7 Å². The molecule has 21 heavy (non-hydrogen) atoms. The van der Waals surface area contributed by atoms with Crippen LogP contribution in [0.4, 0.5) is 0 Å². The Labute approximate surface area is 129 Å². The monoisotopic (exact) mass is 292 g/mol. The minimum Gasteiger partial charge on any atom is -0.399 e. The first-order chi connectivity index (χ1) is 9.79. The van der Waals surface area contributed by atoms with Gasteiger partial charge in [-0.3, -0.25) is 0 Å². The SMILES string of the molecule is CCC(CC1CC1)N/C=C(\C=N)B1OC(C)(C)C(C)(C)O1. The molecule has 0 spiro atoms. The predicted octanol–water partition coefficient (Wildman–Crippen LogP) is 3.32. The van der Waals surface area contributed by atoms with Crippen LogP contribution in [0.3, 0.4) is 0 Å². The second-order valence-corrected chi connectivity index (χ2v) is 7.33. The van der Waals surface area contributed by atoms with Crippen LogP contribution in [0.15, 0.2) is 11.7 Å². The molecule has 2 N–H and O–H groups in total. The van der Waals surface area contributed by atoms with Crippen molar-refractivity contribution in [3.63, 3.8) is 0 Å². The zero-order valence-corrected chi connectivity index (χ0v) is 14.0. The van der Waals surface area contributed by atoms with E-state index in [9.17, 15) is 0 Å². The molecule has 2 fully saturated rings. The maximum Gasteiger partial charge on any atom is 0.497 e. The summed E-state index contributed by atoms with van der Waals surface area (Å²) in [6.07, 6.45) is 8.31. The third-order valence-electron chi connectivity index (χ3n) is 4.99. The van der Waals surface area contributed by atoms with Crippen LogP contribution in [-0.4, -0.2) is 30.6 Å². The largest absolute Gasteiger partial charge is 0.497 e. The zero-order valence-electron chi connectivity index (χ0n) is 14.0. The van der Waals surface area contributed by atoms with Gasteiger partial charge in [0.1, 0.15) is 0 Å². The third kappa shape index (κ3) is 3.89. The average Bonchev–Trinajstić information content (AvgIpc) is 3.16. The average molecular weight is 292 g/mol. The molecule has 1 aliphatic heterocycles. The van der Waals surface area contributed by atoms with E-state index >= 15 is 0 Å². The lowest BCUT2D eigenvalue weighted by molar-refractivity contribution is 0.00578. The van der Waals surface area contributed by atoms with Gasteiger partial charge >= 0.3 is 7.12 Å². The molecule has 1 saturated heterocycles. The summed E-state index contributed by atoms with van der Waals surface area (Å²) in [6.45, 7) is 10.3. The van der Waals surface area contributed by atoms with Crippen molar-refractivity contribution >= 4 is 13.3 Å². The van der Waals surface area contributed by atoms with Gasteiger partial charge in [0, 0.05) is 17.7 Å². The van der Waals surface area contributed by atoms with E-state index in [-0.39, 0.29) is 11.2 Å². The van der Waals surface area contributed by atoms with Crippen molar-refractivity contribution < 1.29 is 9.31 Å². The quantitative estimate of drug-likeness (QED) is 0.559. The molecule has 0 radical (unpaired) electrons. The Bertz CT molecular complexity index is 401. The summed E-state index contributed by atoms with van der Waals surface area (Å²) in [5, 5.41) is 11.1. The van der Waals surface area contributed by atoms with E-state index in [1.807, 2.05) is 33.9 Å². The van der Waals surface area contributed by atoms with Gasteiger partial charge in [0.15, 0.2) is 0 Å². The molecule has 2 rings (SSSR count). The van der Waals surface area contributed by atoms with Crippen LogP contribution in [0.25, 0.3) is 0 Å². The summed E-state index contributed by atoms with van der Waals surface area (Å²) >= 11 is 0. The van der Waals surface area contributed by atoms with E-state index in [2.05, 4.69) is 12.2 Å². The van der Waals surface area contributed by atoms with Crippen LogP contribution >= 0.6 is 0 Å². The molecule has 0 aromatic heterocycles. The van der Waals surface area contributed by atoms with Crippen molar-refractivity contribution in [3.05, 3.63) is 11.7 Å². The summed E-state index contributed by atoms with van der Waals surface area (Å²) in [5.74, 6) is 0.899. The van der Waals surface area contributed by atoms with Crippen LogP contribution < -0.4 is 5.32 Å². The zero-order chi connectivity index (χ0) is 15.7. The van der Waals surface area contributed by atoms with Crippen LogP contribution in [0.2, 0.25) is 0 Å². The van der Waals surface area contributed by atoms with Gasteiger partial charge in [-0.1, -0.05) is 19.8 Å². The maximum absolute atomic E-state index is 7.65. The van der Waals surface area contributed by atoms with Crippen LogP contribution in [-0.2, 0) is 9.31 Å². The smallest absolute Gasteiger partial charge is 0.399 e. The molecule has 118 valence electrons. The molecular weight excluding hydrogens is 263 g/mol.